The Morgan fingerprint density at radius 1 is 1.32 bits per heavy atom. The number of aryl methyl sites for hydroxylation is 1. The first-order valence-electron chi connectivity index (χ1n) is 6.15. The summed E-state index contributed by atoms with van der Waals surface area (Å²) in [5, 5.41) is 4.97. The van der Waals surface area contributed by atoms with E-state index in [1.54, 1.807) is 0 Å². The normalized spacial score (nSPS) is 13.6. The van der Waals surface area contributed by atoms with Crippen molar-refractivity contribution in [2.45, 2.75) is 39.2 Å². The predicted molar refractivity (Wildman–Crippen MR) is 80.8 cm³/mol. The topological polar surface area (TPSA) is 51.8 Å². The largest absolute Gasteiger partial charge is 0.319 e. The van der Waals surface area contributed by atoms with Crippen LogP contribution in [-0.2, 0) is 5.41 Å². The molecule has 1 atom stereocenters. The first-order valence-corrected chi connectivity index (χ1v) is 7.30. The van der Waals surface area contributed by atoms with Crippen LogP contribution < -0.4 is 5.73 Å². The summed E-state index contributed by atoms with van der Waals surface area (Å²) < 4.78 is 4.05. The molecule has 0 saturated carbocycles. The number of hydrogen-bond acceptors (Lipinski definition) is 4. The number of rotatable bonds is 2. The van der Waals surface area contributed by atoms with E-state index in [0.717, 1.165) is 26.7 Å². The minimum Gasteiger partial charge on any atom is -0.319 e. The van der Waals surface area contributed by atoms with Crippen molar-refractivity contribution in [3.05, 3.63) is 44.9 Å². The molecule has 1 unspecified atom stereocenters. The maximum atomic E-state index is 6.35. The van der Waals surface area contributed by atoms with E-state index in [1.807, 2.05) is 25.1 Å². The molecule has 0 spiro atoms. The molecule has 0 radical (unpaired) electrons. The van der Waals surface area contributed by atoms with Gasteiger partial charge in [-0.1, -0.05) is 49.0 Å². The quantitative estimate of drug-likeness (QED) is 0.915. The fourth-order valence-electron chi connectivity index (χ4n) is 1.88. The van der Waals surface area contributed by atoms with Gasteiger partial charge in [0.2, 0.25) is 0 Å². The van der Waals surface area contributed by atoms with Crippen LogP contribution in [0.15, 0.2) is 18.2 Å². The van der Waals surface area contributed by atoms with Crippen LogP contribution >= 0.6 is 23.1 Å². The number of nitrogens with two attached hydrogens (primary N) is 1. The predicted octanol–water partition coefficient (Wildman–Crippen LogP) is 3.85. The van der Waals surface area contributed by atoms with Gasteiger partial charge in [-0.25, -0.2) is 0 Å². The van der Waals surface area contributed by atoms with Gasteiger partial charge in [0.05, 0.1) is 16.6 Å². The van der Waals surface area contributed by atoms with Crippen molar-refractivity contribution in [2.75, 3.05) is 0 Å². The van der Waals surface area contributed by atoms with Crippen LogP contribution in [-0.4, -0.2) is 9.59 Å². The monoisotopic (exact) mass is 295 g/mol. The zero-order valence-electron chi connectivity index (χ0n) is 11.6. The summed E-state index contributed by atoms with van der Waals surface area (Å²) in [5.41, 5.74) is 9.29. The minimum absolute atomic E-state index is 0.0611. The van der Waals surface area contributed by atoms with E-state index in [9.17, 15) is 0 Å². The molecule has 0 saturated heterocycles. The second-order valence-corrected chi connectivity index (χ2v) is 6.91. The van der Waals surface area contributed by atoms with E-state index in [-0.39, 0.29) is 11.5 Å². The van der Waals surface area contributed by atoms with Gasteiger partial charge in [0.15, 0.2) is 0 Å². The summed E-state index contributed by atoms with van der Waals surface area (Å²) in [6.07, 6.45) is 0. The van der Waals surface area contributed by atoms with Gasteiger partial charge in [-0.3, -0.25) is 0 Å². The molecule has 5 heteroatoms. The molecule has 0 fully saturated rings. The second-order valence-electron chi connectivity index (χ2n) is 5.72. The van der Waals surface area contributed by atoms with Crippen LogP contribution in [0.5, 0.6) is 0 Å². The number of aromatic nitrogens is 2. The molecule has 1 aromatic carbocycles. The number of hydrogen-bond donors (Lipinski definition) is 1. The molecular formula is C14H18ClN3S. The average Bonchev–Trinajstić information content (AvgIpc) is 2.80. The van der Waals surface area contributed by atoms with Crippen molar-refractivity contribution < 1.29 is 0 Å². The fourth-order valence-corrected chi connectivity index (χ4v) is 2.96. The first-order chi connectivity index (χ1) is 8.80. The van der Waals surface area contributed by atoms with Gasteiger partial charge in [0.25, 0.3) is 0 Å². The average molecular weight is 296 g/mol. The third kappa shape index (κ3) is 2.96. The third-order valence-electron chi connectivity index (χ3n) is 3.06. The summed E-state index contributed by atoms with van der Waals surface area (Å²) in [5.74, 6) is 0. The first kappa shape index (κ1) is 14.4. The van der Waals surface area contributed by atoms with Crippen LogP contribution in [0.3, 0.4) is 0 Å². The molecule has 2 rings (SSSR count). The molecule has 19 heavy (non-hydrogen) atoms. The molecule has 0 amide bonds. The Hall–Kier alpha value is -0.970. The summed E-state index contributed by atoms with van der Waals surface area (Å²) in [4.78, 5) is 1.01. The Kier molecular flexibility index (Phi) is 3.95. The van der Waals surface area contributed by atoms with E-state index in [1.165, 1.54) is 11.5 Å². The van der Waals surface area contributed by atoms with Crippen LogP contribution in [0.25, 0.3) is 0 Å². The second kappa shape index (κ2) is 5.19. The molecule has 1 aromatic heterocycles. The van der Waals surface area contributed by atoms with E-state index in [4.69, 9.17) is 17.3 Å². The van der Waals surface area contributed by atoms with Gasteiger partial charge in [-0.15, -0.1) is 5.10 Å². The molecule has 2 N–H and O–H groups in total. The molecule has 3 nitrogen and oxygen atoms in total. The van der Waals surface area contributed by atoms with Crippen molar-refractivity contribution in [1.82, 2.24) is 9.59 Å². The van der Waals surface area contributed by atoms with Gasteiger partial charge < -0.3 is 5.73 Å². The molecule has 102 valence electrons. The summed E-state index contributed by atoms with van der Waals surface area (Å²) >= 11 is 7.53. The van der Waals surface area contributed by atoms with Crippen molar-refractivity contribution in [3.63, 3.8) is 0 Å². The molecule has 0 aliphatic rings. The Labute approximate surface area is 123 Å². The van der Waals surface area contributed by atoms with Gasteiger partial charge in [-0.05, 0) is 35.6 Å². The van der Waals surface area contributed by atoms with E-state index in [0.29, 0.717) is 0 Å². The van der Waals surface area contributed by atoms with E-state index < -0.39 is 0 Å². The fraction of sp³-hybridized carbons (Fsp3) is 0.429. The van der Waals surface area contributed by atoms with Crippen LogP contribution in [0.4, 0.5) is 0 Å². The number of halogens is 1. The van der Waals surface area contributed by atoms with Crippen molar-refractivity contribution in [2.24, 2.45) is 5.73 Å². The number of benzene rings is 1. The number of nitrogens with zero attached hydrogens (tertiary/aromatic N) is 2. The van der Waals surface area contributed by atoms with Crippen LogP contribution in [0.1, 0.15) is 48.5 Å². The highest BCUT2D eigenvalue weighted by Gasteiger charge is 2.26. The highest BCUT2D eigenvalue weighted by atomic mass is 35.5. The highest BCUT2D eigenvalue weighted by molar-refractivity contribution is 7.05. The van der Waals surface area contributed by atoms with Crippen LogP contribution in [0, 0.1) is 6.92 Å². The van der Waals surface area contributed by atoms with Gasteiger partial charge in [0, 0.05) is 10.4 Å². The van der Waals surface area contributed by atoms with E-state index >= 15 is 0 Å². The van der Waals surface area contributed by atoms with E-state index in [2.05, 4.69) is 30.4 Å². The highest BCUT2D eigenvalue weighted by Crippen LogP contribution is 2.33. The zero-order chi connectivity index (χ0) is 14.2. The standard InChI is InChI=1S/C14H18ClN3S/c1-8-5-6-9(7-10(8)15)11(16)12-13(14(2,3)4)17-18-19-12/h5-7,11H,16H2,1-4H3. The molecular weight excluding hydrogens is 278 g/mol. The molecule has 0 aliphatic carbocycles. The lowest BCUT2D eigenvalue weighted by molar-refractivity contribution is 0.556. The lowest BCUT2D eigenvalue weighted by atomic mass is 9.89. The Bertz CT molecular complexity index is 587. The minimum atomic E-state index is -0.229. The SMILES string of the molecule is Cc1ccc(C(N)c2snnc2C(C)(C)C)cc1Cl. The van der Waals surface area contributed by atoms with Crippen molar-refractivity contribution >= 4 is 23.1 Å². The Morgan fingerprint density at radius 3 is 2.58 bits per heavy atom. The molecule has 1 heterocycles. The maximum absolute atomic E-state index is 6.35. The molecule has 0 aliphatic heterocycles. The van der Waals surface area contributed by atoms with Crippen molar-refractivity contribution in [3.8, 4) is 0 Å². The van der Waals surface area contributed by atoms with Gasteiger partial charge in [0.1, 0.15) is 0 Å². The van der Waals surface area contributed by atoms with Crippen molar-refractivity contribution in [1.29, 1.82) is 0 Å². The summed E-state index contributed by atoms with van der Waals surface area (Å²) in [7, 11) is 0. The van der Waals surface area contributed by atoms with Gasteiger partial charge >= 0.3 is 0 Å². The van der Waals surface area contributed by atoms with Crippen LogP contribution in [0.2, 0.25) is 5.02 Å². The Morgan fingerprint density at radius 2 is 2.00 bits per heavy atom. The lowest BCUT2D eigenvalue weighted by Crippen LogP contribution is -2.19. The zero-order valence-corrected chi connectivity index (χ0v) is 13.1. The molecule has 2 aromatic rings. The lowest BCUT2D eigenvalue weighted by Gasteiger charge is -2.20. The summed E-state index contributed by atoms with van der Waals surface area (Å²) in [6.45, 7) is 8.32. The molecule has 0 bridgehead atoms. The van der Waals surface area contributed by atoms with Gasteiger partial charge in [-0.2, -0.15) is 0 Å². The smallest absolute Gasteiger partial charge is 0.0860 e. The third-order valence-corrected chi connectivity index (χ3v) is 4.28. The maximum Gasteiger partial charge on any atom is 0.0860 e. The summed E-state index contributed by atoms with van der Waals surface area (Å²) in [6, 6.07) is 5.70. The Balaban J connectivity index is 2.42.